The molecule has 1 unspecified atom stereocenters. The van der Waals surface area contributed by atoms with Crippen LogP contribution in [0, 0.1) is 5.92 Å². The number of piperazine rings is 1. The summed E-state index contributed by atoms with van der Waals surface area (Å²) >= 11 is 0. The molecule has 2 rings (SSSR count). The lowest BCUT2D eigenvalue weighted by atomic mass is 10.2. The monoisotopic (exact) mass is 293 g/mol. The molecule has 116 valence electrons. The first-order valence-electron chi connectivity index (χ1n) is 7.25. The lowest BCUT2D eigenvalue weighted by Crippen LogP contribution is -2.57. The number of hydrogen-bond acceptors (Lipinski definition) is 3. The van der Waals surface area contributed by atoms with E-state index in [2.05, 4.69) is 10.6 Å². The summed E-state index contributed by atoms with van der Waals surface area (Å²) in [5.74, 6) is 0.355. The minimum absolute atomic E-state index is 0.263. The number of halogens is 3. The van der Waals surface area contributed by atoms with Crippen molar-refractivity contribution in [2.24, 2.45) is 5.92 Å². The topological polar surface area (TPSA) is 44.4 Å². The Morgan fingerprint density at radius 2 is 1.95 bits per heavy atom. The fraction of sp³-hybridized carbons (Fsp3) is 0.923. The molecule has 20 heavy (non-hydrogen) atoms. The number of amides is 1. The van der Waals surface area contributed by atoms with E-state index in [-0.39, 0.29) is 12.5 Å². The van der Waals surface area contributed by atoms with Crippen LogP contribution in [0.25, 0.3) is 0 Å². The van der Waals surface area contributed by atoms with Gasteiger partial charge in [0, 0.05) is 39.1 Å². The Morgan fingerprint density at radius 1 is 1.30 bits per heavy atom. The maximum absolute atomic E-state index is 13.1. The van der Waals surface area contributed by atoms with Crippen LogP contribution < -0.4 is 10.6 Å². The molecule has 2 fully saturated rings. The number of hydrogen-bond donors (Lipinski definition) is 2. The number of alkyl halides is 3. The standard InChI is InChI=1S/C13H22F3N3O/c14-13(15,16)11(19-7-5-17-6-8-19)9-18-12(20)4-3-10-1-2-10/h10-11,17H,1-9H2,(H,18,20). The molecule has 1 saturated carbocycles. The Bertz CT molecular complexity index is 325. The van der Waals surface area contributed by atoms with Crippen molar-refractivity contribution in [3.05, 3.63) is 0 Å². The molecule has 1 amide bonds. The van der Waals surface area contributed by atoms with Gasteiger partial charge < -0.3 is 10.6 Å². The average Bonchev–Trinajstić information content (AvgIpc) is 3.20. The van der Waals surface area contributed by atoms with Gasteiger partial charge in [-0.05, 0) is 12.3 Å². The fourth-order valence-corrected chi connectivity index (χ4v) is 2.49. The Morgan fingerprint density at radius 3 is 2.50 bits per heavy atom. The highest BCUT2D eigenvalue weighted by Crippen LogP contribution is 2.33. The quantitative estimate of drug-likeness (QED) is 0.771. The fourth-order valence-electron chi connectivity index (χ4n) is 2.49. The van der Waals surface area contributed by atoms with Crippen LogP contribution in [-0.4, -0.2) is 55.7 Å². The molecule has 1 saturated heterocycles. The van der Waals surface area contributed by atoms with Crippen LogP contribution in [0.2, 0.25) is 0 Å². The lowest BCUT2D eigenvalue weighted by Gasteiger charge is -2.35. The van der Waals surface area contributed by atoms with Crippen LogP contribution in [0.4, 0.5) is 13.2 Å². The summed E-state index contributed by atoms with van der Waals surface area (Å²) in [7, 11) is 0. The van der Waals surface area contributed by atoms with Crippen molar-refractivity contribution in [3.63, 3.8) is 0 Å². The summed E-state index contributed by atoms with van der Waals surface area (Å²) in [6.07, 6.45) is -0.855. The van der Waals surface area contributed by atoms with Crippen molar-refractivity contribution in [2.75, 3.05) is 32.7 Å². The molecular formula is C13H22F3N3O. The first-order chi connectivity index (χ1) is 9.47. The minimum Gasteiger partial charge on any atom is -0.354 e. The van der Waals surface area contributed by atoms with Gasteiger partial charge in [0.2, 0.25) is 5.91 Å². The summed E-state index contributed by atoms with van der Waals surface area (Å²) in [5.41, 5.74) is 0. The van der Waals surface area contributed by atoms with Gasteiger partial charge in [-0.1, -0.05) is 12.8 Å². The third kappa shape index (κ3) is 4.94. The van der Waals surface area contributed by atoms with E-state index in [1.165, 1.54) is 4.90 Å². The lowest BCUT2D eigenvalue weighted by molar-refractivity contribution is -0.184. The smallest absolute Gasteiger partial charge is 0.354 e. The van der Waals surface area contributed by atoms with Gasteiger partial charge >= 0.3 is 6.18 Å². The van der Waals surface area contributed by atoms with Gasteiger partial charge in [-0.15, -0.1) is 0 Å². The van der Waals surface area contributed by atoms with Gasteiger partial charge in [0.15, 0.2) is 0 Å². The van der Waals surface area contributed by atoms with E-state index in [1.807, 2.05) is 0 Å². The molecule has 0 aromatic carbocycles. The average molecular weight is 293 g/mol. The van der Waals surface area contributed by atoms with Gasteiger partial charge in [-0.2, -0.15) is 13.2 Å². The van der Waals surface area contributed by atoms with Gasteiger partial charge in [0.05, 0.1) is 0 Å². The first kappa shape index (κ1) is 15.6. The second kappa shape index (κ2) is 6.76. The highest BCUT2D eigenvalue weighted by atomic mass is 19.4. The normalized spacial score (nSPS) is 22.6. The number of nitrogens with one attached hydrogen (secondary N) is 2. The molecule has 0 aromatic rings. The number of nitrogens with zero attached hydrogens (tertiary/aromatic N) is 1. The van der Waals surface area contributed by atoms with Crippen molar-refractivity contribution in [1.82, 2.24) is 15.5 Å². The molecule has 1 aliphatic carbocycles. The molecule has 2 aliphatic rings. The largest absolute Gasteiger partial charge is 0.405 e. The molecule has 0 spiro atoms. The highest BCUT2D eigenvalue weighted by Gasteiger charge is 2.43. The minimum atomic E-state index is -4.30. The Labute approximate surface area is 117 Å². The summed E-state index contributed by atoms with van der Waals surface area (Å²) in [6, 6.07) is -1.57. The van der Waals surface area contributed by atoms with E-state index >= 15 is 0 Å². The van der Waals surface area contributed by atoms with Gasteiger partial charge in [0.25, 0.3) is 0 Å². The highest BCUT2D eigenvalue weighted by molar-refractivity contribution is 5.75. The van der Waals surface area contributed by atoms with E-state index < -0.39 is 12.2 Å². The summed E-state index contributed by atoms with van der Waals surface area (Å²) in [6.45, 7) is 1.50. The van der Waals surface area contributed by atoms with Crippen molar-refractivity contribution < 1.29 is 18.0 Å². The first-order valence-corrected chi connectivity index (χ1v) is 7.25. The zero-order valence-corrected chi connectivity index (χ0v) is 11.5. The van der Waals surface area contributed by atoms with Gasteiger partial charge in [-0.3, -0.25) is 9.69 Å². The van der Waals surface area contributed by atoms with Crippen LogP contribution in [0.5, 0.6) is 0 Å². The summed E-state index contributed by atoms with van der Waals surface area (Å²) in [5, 5.41) is 5.48. The van der Waals surface area contributed by atoms with Crippen molar-refractivity contribution in [1.29, 1.82) is 0 Å². The molecule has 2 N–H and O–H groups in total. The van der Waals surface area contributed by atoms with E-state index in [1.54, 1.807) is 0 Å². The Hall–Kier alpha value is -0.820. The maximum atomic E-state index is 13.1. The molecule has 4 nitrogen and oxygen atoms in total. The predicted molar refractivity (Wildman–Crippen MR) is 69.3 cm³/mol. The van der Waals surface area contributed by atoms with Gasteiger partial charge in [0.1, 0.15) is 6.04 Å². The number of carbonyl (C=O) groups is 1. The molecule has 1 aliphatic heterocycles. The second-order valence-corrected chi connectivity index (χ2v) is 5.63. The van der Waals surface area contributed by atoms with Crippen LogP contribution in [0.3, 0.4) is 0 Å². The molecule has 0 bridgehead atoms. The summed E-state index contributed by atoms with van der Waals surface area (Å²) in [4.78, 5) is 13.0. The molecule has 0 aromatic heterocycles. The Balaban J connectivity index is 1.78. The van der Waals surface area contributed by atoms with Crippen molar-refractivity contribution in [2.45, 2.75) is 37.9 Å². The van der Waals surface area contributed by atoms with Crippen molar-refractivity contribution >= 4 is 5.91 Å². The van der Waals surface area contributed by atoms with E-state index in [4.69, 9.17) is 0 Å². The second-order valence-electron chi connectivity index (χ2n) is 5.63. The van der Waals surface area contributed by atoms with Crippen LogP contribution in [0.15, 0.2) is 0 Å². The number of carbonyl (C=O) groups excluding carboxylic acids is 1. The molecule has 1 atom stereocenters. The van der Waals surface area contributed by atoms with Crippen LogP contribution in [-0.2, 0) is 4.79 Å². The van der Waals surface area contributed by atoms with Crippen LogP contribution in [0.1, 0.15) is 25.7 Å². The van der Waals surface area contributed by atoms with Crippen LogP contribution >= 0.6 is 0 Å². The molecule has 1 heterocycles. The molecular weight excluding hydrogens is 271 g/mol. The number of rotatable bonds is 6. The zero-order valence-electron chi connectivity index (χ0n) is 11.5. The SMILES string of the molecule is O=C(CCC1CC1)NCC(N1CCNCC1)C(F)(F)F. The zero-order chi connectivity index (χ0) is 14.6. The van der Waals surface area contributed by atoms with Gasteiger partial charge in [-0.25, -0.2) is 0 Å². The summed E-state index contributed by atoms with van der Waals surface area (Å²) < 4.78 is 39.2. The van der Waals surface area contributed by atoms with E-state index in [0.29, 0.717) is 38.5 Å². The maximum Gasteiger partial charge on any atom is 0.405 e. The van der Waals surface area contributed by atoms with Crippen molar-refractivity contribution in [3.8, 4) is 0 Å². The third-order valence-corrected chi connectivity index (χ3v) is 3.94. The van der Waals surface area contributed by atoms with E-state index in [0.717, 1.165) is 19.3 Å². The third-order valence-electron chi connectivity index (χ3n) is 3.94. The van der Waals surface area contributed by atoms with E-state index in [9.17, 15) is 18.0 Å². The molecule has 0 radical (unpaired) electrons. The molecule has 7 heteroatoms. The predicted octanol–water partition coefficient (Wildman–Crippen LogP) is 1.13. The Kier molecular flexibility index (Phi) is 5.26.